The third kappa shape index (κ3) is 2.91. The van der Waals surface area contributed by atoms with Crippen LogP contribution in [-0.4, -0.2) is 39.5 Å². The molecular weight excluding hydrogens is 235 g/mol. The van der Waals surface area contributed by atoms with Crippen molar-refractivity contribution < 1.29 is 34.0 Å². The van der Waals surface area contributed by atoms with E-state index in [-0.39, 0.29) is 11.9 Å². The van der Waals surface area contributed by atoms with E-state index in [9.17, 15) is 19.1 Å². The Bertz CT molecular complexity index is 423. The summed E-state index contributed by atoms with van der Waals surface area (Å²) in [5, 5.41) is 26.8. The van der Waals surface area contributed by atoms with Crippen molar-refractivity contribution in [2.45, 2.75) is 12.2 Å². The Labute approximate surface area is 94.9 Å². The highest BCUT2D eigenvalue weighted by Crippen LogP contribution is 2.19. The first-order valence-electron chi connectivity index (χ1n) is 4.47. The number of carboxylic acid groups (broad SMARTS) is 2. The van der Waals surface area contributed by atoms with Crippen LogP contribution in [0.1, 0.15) is 0 Å². The number of carboxylic acids is 2. The fourth-order valence-electron chi connectivity index (χ4n) is 1.22. The van der Waals surface area contributed by atoms with Crippen molar-refractivity contribution in [1.29, 1.82) is 0 Å². The lowest BCUT2D eigenvalue weighted by Gasteiger charge is -2.23. The normalized spacial score (nSPS) is 24.1. The number of hydrogen-bond donors (Lipinski definition) is 3. The van der Waals surface area contributed by atoms with Gasteiger partial charge in [-0.15, -0.1) is 0 Å². The number of carbonyl (C=O) groups is 2. The van der Waals surface area contributed by atoms with Gasteiger partial charge in [0.1, 0.15) is 18.5 Å². The predicted molar refractivity (Wildman–Crippen MR) is 52.6 cm³/mol. The Hall–Kier alpha value is -2.15. The van der Waals surface area contributed by atoms with Crippen LogP contribution in [0.25, 0.3) is 0 Å². The molecule has 0 saturated carbocycles. The first kappa shape index (κ1) is 12.9. The third-order valence-corrected chi connectivity index (χ3v) is 2.03. The molecule has 0 spiro atoms. The maximum absolute atomic E-state index is 12.1. The van der Waals surface area contributed by atoms with Gasteiger partial charge in [0.25, 0.3) is 0 Å². The van der Waals surface area contributed by atoms with Crippen molar-refractivity contribution in [3.8, 4) is 0 Å². The Morgan fingerprint density at radius 2 is 2.06 bits per heavy atom. The highest BCUT2D eigenvalue weighted by Gasteiger charge is 2.30. The summed E-state index contributed by atoms with van der Waals surface area (Å²) in [6, 6.07) is 0. The van der Waals surface area contributed by atoms with Gasteiger partial charge >= 0.3 is 11.9 Å². The van der Waals surface area contributed by atoms with Crippen LogP contribution in [0.2, 0.25) is 0 Å². The zero-order chi connectivity index (χ0) is 13.0. The Morgan fingerprint density at radius 1 is 1.41 bits per heavy atom. The van der Waals surface area contributed by atoms with E-state index in [0.29, 0.717) is 0 Å². The molecule has 1 aliphatic carbocycles. The van der Waals surface area contributed by atoms with E-state index in [0.717, 1.165) is 6.08 Å². The van der Waals surface area contributed by atoms with Gasteiger partial charge in [0.15, 0.2) is 0 Å². The second-order valence-corrected chi connectivity index (χ2v) is 3.12. The monoisotopic (exact) mass is 244 g/mol. The lowest BCUT2D eigenvalue weighted by Crippen LogP contribution is -2.34. The van der Waals surface area contributed by atoms with E-state index in [1.807, 2.05) is 0 Å². The maximum atomic E-state index is 12.1. The smallest absolute Gasteiger partial charge is 0.373 e. The summed E-state index contributed by atoms with van der Waals surface area (Å²) >= 11 is 0. The summed E-state index contributed by atoms with van der Waals surface area (Å²) in [5.41, 5.74) is -0.360. The van der Waals surface area contributed by atoms with E-state index in [2.05, 4.69) is 4.74 Å². The summed E-state index contributed by atoms with van der Waals surface area (Å²) in [5.74, 6) is -4.03. The molecule has 0 aliphatic heterocycles. The van der Waals surface area contributed by atoms with Crippen LogP contribution in [0.4, 0.5) is 4.39 Å². The van der Waals surface area contributed by atoms with Crippen LogP contribution in [0.15, 0.2) is 35.9 Å². The van der Waals surface area contributed by atoms with Gasteiger partial charge in [0.05, 0.1) is 5.57 Å². The molecule has 17 heavy (non-hydrogen) atoms. The van der Waals surface area contributed by atoms with Crippen molar-refractivity contribution in [2.24, 2.45) is 0 Å². The molecule has 0 aromatic rings. The summed E-state index contributed by atoms with van der Waals surface area (Å²) in [6.07, 6.45) is 0.548. The van der Waals surface area contributed by atoms with Crippen LogP contribution in [-0.2, 0) is 14.3 Å². The number of aliphatic hydroxyl groups excluding tert-OH is 1. The number of ether oxygens (including phenoxy) is 1. The minimum atomic E-state index is -1.65. The SMILES string of the molecule is O=C(O)C(=CF)O[C@H]1C=CC=C(C(=O)O)[C@@H]1O. The van der Waals surface area contributed by atoms with Gasteiger partial charge in [-0.2, -0.15) is 0 Å². The number of aliphatic carboxylic acids is 2. The zero-order valence-corrected chi connectivity index (χ0v) is 8.41. The molecule has 0 saturated heterocycles. The van der Waals surface area contributed by atoms with Gasteiger partial charge < -0.3 is 20.1 Å². The van der Waals surface area contributed by atoms with E-state index in [1.54, 1.807) is 0 Å². The minimum Gasteiger partial charge on any atom is -0.478 e. The number of halogens is 1. The standard InChI is InChI=1S/C10H9FO6/c11-4-7(10(15)16)17-6-3-1-2-5(8(6)12)9(13)14/h1-4,6,8,12H,(H,13,14)(H,15,16)/t6-,8-/m0/s1. The number of hydrogen-bond acceptors (Lipinski definition) is 4. The number of aliphatic hydroxyl groups is 1. The van der Waals surface area contributed by atoms with E-state index >= 15 is 0 Å². The highest BCUT2D eigenvalue weighted by atomic mass is 19.1. The van der Waals surface area contributed by atoms with Gasteiger partial charge in [0.2, 0.25) is 5.76 Å². The topological polar surface area (TPSA) is 104 Å². The summed E-state index contributed by atoms with van der Waals surface area (Å²) in [6.45, 7) is 0. The molecular formula is C10H9FO6. The highest BCUT2D eigenvalue weighted by molar-refractivity contribution is 5.89. The zero-order valence-electron chi connectivity index (χ0n) is 8.41. The third-order valence-electron chi connectivity index (χ3n) is 2.03. The van der Waals surface area contributed by atoms with E-state index < -0.39 is 29.9 Å². The van der Waals surface area contributed by atoms with Gasteiger partial charge in [-0.25, -0.2) is 14.0 Å². The van der Waals surface area contributed by atoms with Crippen LogP contribution < -0.4 is 0 Å². The second kappa shape index (κ2) is 5.26. The van der Waals surface area contributed by atoms with Crippen LogP contribution in [0, 0.1) is 0 Å². The second-order valence-electron chi connectivity index (χ2n) is 3.12. The van der Waals surface area contributed by atoms with Gasteiger partial charge in [-0.1, -0.05) is 6.08 Å². The predicted octanol–water partition coefficient (Wildman–Crippen LogP) is 0.209. The van der Waals surface area contributed by atoms with Crippen molar-refractivity contribution in [3.63, 3.8) is 0 Å². The molecule has 0 unspecified atom stereocenters. The fraction of sp³-hybridized carbons (Fsp3) is 0.200. The molecule has 2 atom stereocenters. The van der Waals surface area contributed by atoms with Gasteiger partial charge in [-0.3, -0.25) is 0 Å². The molecule has 0 aromatic carbocycles. The first-order valence-corrected chi connectivity index (χ1v) is 4.47. The molecule has 1 aliphatic rings. The fourth-order valence-corrected chi connectivity index (χ4v) is 1.22. The molecule has 3 N–H and O–H groups in total. The Morgan fingerprint density at radius 3 is 2.53 bits per heavy atom. The first-order chi connectivity index (χ1) is 7.97. The Balaban J connectivity index is 2.83. The summed E-state index contributed by atoms with van der Waals surface area (Å²) < 4.78 is 16.8. The summed E-state index contributed by atoms with van der Waals surface area (Å²) in [7, 11) is 0. The van der Waals surface area contributed by atoms with Crippen LogP contribution in [0.3, 0.4) is 0 Å². The number of allylic oxidation sites excluding steroid dienone is 2. The van der Waals surface area contributed by atoms with Gasteiger partial charge in [-0.05, 0) is 12.2 Å². The molecule has 6 nitrogen and oxygen atoms in total. The minimum absolute atomic E-state index is 0.276. The molecule has 0 heterocycles. The molecule has 0 fully saturated rings. The molecule has 7 heteroatoms. The van der Waals surface area contributed by atoms with Crippen molar-refractivity contribution >= 4 is 11.9 Å². The molecule has 0 amide bonds. The maximum Gasteiger partial charge on any atom is 0.373 e. The lowest BCUT2D eigenvalue weighted by molar-refractivity contribution is -0.138. The number of rotatable bonds is 4. The average molecular weight is 244 g/mol. The molecule has 0 bridgehead atoms. The van der Waals surface area contributed by atoms with E-state index in [1.165, 1.54) is 12.2 Å². The van der Waals surface area contributed by atoms with Crippen LogP contribution >= 0.6 is 0 Å². The average Bonchev–Trinajstić information content (AvgIpc) is 2.26. The quantitative estimate of drug-likeness (QED) is 0.482. The Kier molecular flexibility index (Phi) is 4.00. The molecule has 92 valence electrons. The molecule has 0 radical (unpaired) electrons. The largest absolute Gasteiger partial charge is 0.478 e. The molecule has 0 aromatic heterocycles. The van der Waals surface area contributed by atoms with Crippen molar-refractivity contribution in [3.05, 3.63) is 35.9 Å². The van der Waals surface area contributed by atoms with Crippen molar-refractivity contribution in [1.82, 2.24) is 0 Å². The van der Waals surface area contributed by atoms with E-state index in [4.69, 9.17) is 10.2 Å². The lowest BCUT2D eigenvalue weighted by atomic mass is 9.99. The molecule has 1 rings (SSSR count). The van der Waals surface area contributed by atoms with Crippen molar-refractivity contribution in [2.75, 3.05) is 0 Å². The van der Waals surface area contributed by atoms with Gasteiger partial charge in [0, 0.05) is 0 Å². The summed E-state index contributed by atoms with van der Waals surface area (Å²) in [4.78, 5) is 21.1. The van der Waals surface area contributed by atoms with Crippen LogP contribution in [0.5, 0.6) is 0 Å².